The van der Waals surface area contributed by atoms with E-state index in [1.54, 1.807) is 12.1 Å². The van der Waals surface area contributed by atoms with Crippen LogP contribution in [-0.2, 0) is 20.8 Å². The Labute approximate surface area is 155 Å². The molecule has 148 valence electrons. The lowest BCUT2D eigenvalue weighted by molar-refractivity contribution is -0.383. The van der Waals surface area contributed by atoms with Crippen molar-refractivity contribution in [1.82, 2.24) is 9.88 Å². The van der Waals surface area contributed by atoms with Crippen molar-refractivity contribution in [3.8, 4) is 0 Å². The quantitative estimate of drug-likeness (QED) is 0.308. The number of ether oxygens (including phenoxy) is 3. The Kier molecular flexibility index (Phi) is 8.49. The highest BCUT2D eigenvalue weighted by Crippen LogP contribution is 2.26. The fourth-order valence-corrected chi connectivity index (χ4v) is 2.50. The number of nitro benzene ring substituents is 1. The predicted octanol–water partition coefficient (Wildman–Crippen LogP) is 1.87. The molecule has 0 aliphatic carbocycles. The molecule has 0 fully saturated rings. The molecular weight excluding hydrogens is 358 g/mol. The standard InChI is InChI=1S/C17H23N3O7/c21-17(22)18-5-8-25-10-12-27-13-11-26-9-7-19-6-4-14-15(19)2-1-3-16(14)20(23)24/h1-4,6,18H,5,7-13H2,(H,21,22). The number of aromatic nitrogens is 1. The maximum absolute atomic E-state index is 11.0. The number of nitro groups is 1. The van der Waals surface area contributed by atoms with E-state index in [0.29, 0.717) is 51.6 Å². The van der Waals surface area contributed by atoms with Gasteiger partial charge in [0.1, 0.15) is 0 Å². The molecule has 0 unspecified atom stereocenters. The molecule has 1 aromatic carbocycles. The first-order valence-electron chi connectivity index (χ1n) is 8.52. The Morgan fingerprint density at radius 1 is 1.07 bits per heavy atom. The number of carbonyl (C=O) groups is 1. The number of non-ortho nitro benzene ring substituents is 1. The van der Waals surface area contributed by atoms with Gasteiger partial charge in [-0.25, -0.2) is 4.79 Å². The number of hydrogen-bond acceptors (Lipinski definition) is 6. The van der Waals surface area contributed by atoms with Crippen molar-refractivity contribution in [1.29, 1.82) is 0 Å². The van der Waals surface area contributed by atoms with Crippen LogP contribution in [0.1, 0.15) is 0 Å². The second-order valence-electron chi connectivity index (χ2n) is 5.55. The molecular formula is C17H23N3O7. The molecule has 1 amide bonds. The van der Waals surface area contributed by atoms with Gasteiger partial charge in [0.2, 0.25) is 0 Å². The number of amides is 1. The lowest BCUT2D eigenvalue weighted by Gasteiger charge is -2.08. The highest BCUT2D eigenvalue weighted by Gasteiger charge is 2.13. The summed E-state index contributed by atoms with van der Waals surface area (Å²) >= 11 is 0. The van der Waals surface area contributed by atoms with Crippen molar-refractivity contribution in [2.45, 2.75) is 6.54 Å². The first-order chi connectivity index (χ1) is 13.1. The molecule has 1 aromatic heterocycles. The molecule has 27 heavy (non-hydrogen) atoms. The van der Waals surface area contributed by atoms with Gasteiger partial charge in [0.15, 0.2) is 0 Å². The third-order valence-electron chi connectivity index (χ3n) is 3.73. The fraction of sp³-hybridized carbons (Fsp3) is 0.471. The normalized spacial score (nSPS) is 11.0. The highest BCUT2D eigenvalue weighted by molar-refractivity contribution is 5.89. The zero-order chi connectivity index (χ0) is 19.5. The monoisotopic (exact) mass is 381 g/mol. The van der Waals surface area contributed by atoms with E-state index in [4.69, 9.17) is 19.3 Å². The van der Waals surface area contributed by atoms with Crippen LogP contribution in [0.4, 0.5) is 10.5 Å². The number of carboxylic acid groups (broad SMARTS) is 1. The number of rotatable bonds is 13. The van der Waals surface area contributed by atoms with Gasteiger partial charge in [0, 0.05) is 25.4 Å². The van der Waals surface area contributed by atoms with E-state index in [0.717, 1.165) is 5.52 Å². The first kappa shape index (κ1) is 20.6. The third-order valence-corrected chi connectivity index (χ3v) is 3.73. The topological polar surface area (TPSA) is 125 Å². The Hall–Kier alpha value is -2.69. The lowest BCUT2D eigenvalue weighted by Crippen LogP contribution is -2.25. The molecule has 0 atom stereocenters. The summed E-state index contributed by atoms with van der Waals surface area (Å²) in [4.78, 5) is 20.9. The molecule has 0 radical (unpaired) electrons. The molecule has 1 heterocycles. The van der Waals surface area contributed by atoms with Gasteiger partial charge in [-0.2, -0.15) is 0 Å². The molecule has 0 saturated heterocycles. The van der Waals surface area contributed by atoms with E-state index in [9.17, 15) is 14.9 Å². The van der Waals surface area contributed by atoms with Gasteiger partial charge < -0.3 is 29.2 Å². The van der Waals surface area contributed by atoms with Gasteiger partial charge in [0.25, 0.3) is 5.69 Å². The second kappa shape index (κ2) is 11.1. The average Bonchev–Trinajstić information content (AvgIpc) is 3.05. The summed E-state index contributed by atoms with van der Waals surface area (Å²) in [6, 6.07) is 6.75. The smallest absolute Gasteiger partial charge is 0.404 e. The molecule has 0 aliphatic rings. The van der Waals surface area contributed by atoms with Crippen LogP contribution in [0, 0.1) is 10.1 Å². The Morgan fingerprint density at radius 3 is 2.41 bits per heavy atom. The van der Waals surface area contributed by atoms with Crippen LogP contribution in [-0.4, -0.2) is 66.9 Å². The molecule has 0 spiro atoms. The van der Waals surface area contributed by atoms with E-state index in [2.05, 4.69) is 5.32 Å². The van der Waals surface area contributed by atoms with Crippen LogP contribution in [0.5, 0.6) is 0 Å². The van der Waals surface area contributed by atoms with Crippen molar-refractivity contribution in [3.05, 3.63) is 40.6 Å². The summed E-state index contributed by atoms with van der Waals surface area (Å²) in [6.45, 7) is 3.24. The van der Waals surface area contributed by atoms with Gasteiger partial charge in [-0.3, -0.25) is 10.1 Å². The summed E-state index contributed by atoms with van der Waals surface area (Å²) in [5.41, 5.74) is 0.903. The van der Waals surface area contributed by atoms with Crippen LogP contribution in [0.15, 0.2) is 30.5 Å². The number of benzene rings is 1. The summed E-state index contributed by atoms with van der Waals surface area (Å²) in [6.07, 6.45) is 0.742. The maximum atomic E-state index is 11.0. The predicted molar refractivity (Wildman–Crippen MR) is 97.1 cm³/mol. The molecule has 0 saturated carbocycles. The SMILES string of the molecule is O=C(O)NCCOCCOCCOCCn1ccc2c([N+](=O)[O-])cccc21. The minimum Gasteiger partial charge on any atom is -0.465 e. The number of hydrogen-bond donors (Lipinski definition) is 2. The first-order valence-corrected chi connectivity index (χ1v) is 8.52. The largest absolute Gasteiger partial charge is 0.465 e. The molecule has 2 N–H and O–H groups in total. The van der Waals surface area contributed by atoms with Gasteiger partial charge in [-0.05, 0) is 12.1 Å². The average molecular weight is 381 g/mol. The summed E-state index contributed by atoms with van der Waals surface area (Å²) in [5, 5.41) is 22.2. The number of nitrogens with zero attached hydrogens (tertiary/aromatic N) is 2. The number of nitrogens with one attached hydrogen (secondary N) is 1. The number of fused-ring (bicyclic) bond motifs is 1. The van der Waals surface area contributed by atoms with Gasteiger partial charge in [-0.15, -0.1) is 0 Å². The zero-order valence-electron chi connectivity index (χ0n) is 14.8. The van der Waals surface area contributed by atoms with E-state index >= 15 is 0 Å². The van der Waals surface area contributed by atoms with E-state index in [-0.39, 0.29) is 17.2 Å². The Morgan fingerprint density at radius 2 is 1.74 bits per heavy atom. The summed E-state index contributed by atoms with van der Waals surface area (Å²) in [5.74, 6) is 0. The molecule has 10 nitrogen and oxygen atoms in total. The second-order valence-corrected chi connectivity index (χ2v) is 5.55. The van der Waals surface area contributed by atoms with Crippen LogP contribution in [0.3, 0.4) is 0 Å². The molecule has 2 rings (SSSR count). The van der Waals surface area contributed by atoms with Crippen molar-refractivity contribution in [2.24, 2.45) is 0 Å². The molecule has 0 bridgehead atoms. The van der Waals surface area contributed by atoms with Crippen LogP contribution in [0.25, 0.3) is 10.9 Å². The maximum Gasteiger partial charge on any atom is 0.404 e. The summed E-state index contributed by atoms with van der Waals surface area (Å²) < 4.78 is 18.0. The van der Waals surface area contributed by atoms with Crippen molar-refractivity contribution in [2.75, 3.05) is 46.2 Å². The Balaban J connectivity index is 1.55. The Bertz CT molecular complexity index is 747. The van der Waals surface area contributed by atoms with Crippen LogP contribution >= 0.6 is 0 Å². The zero-order valence-corrected chi connectivity index (χ0v) is 14.8. The van der Waals surface area contributed by atoms with E-state index in [1.165, 1.54) is 6.07 Å². The molecule has 10 heteroatoms. The third kappa shape index (κ3) is 6.85. The van der Waals surface area contributed by atoms with Gasteiger partial charge in [0.05, 0.1) is 55.5 Å². The lowest BCUT2D eigenvalue weighted by atomic mass is 10.2. The van der Waals surface area contributed by atoms with Crippen LogP contribution in [0.2, 0.25) is 0 Å². The highest BCUT2D eigenvalue weighted by atomic mass is 16.6. The fourth-order valence-electron chi connectivity index (χ4n) is 2.50. The summed E-state index contributed by atoms with van der Waals surface area (Å²) in [7, 11) is 0. The van der Waals surface area contributed by atoms with Gasteiger partial charge in [-0.1, -0.05) is 6.07 Å². The van der Waals surface area contributed by atoms with E-state index < -0.39 is 6.09 Å². The van der Waals surface area contributed by atoms with Crippen molar-refractivity contribution >= 4 is 22.7 Å². The minimum atomic E-state index is -1.07. The minimum absolute atomic E-state index is 0.0986. The van der Waals surface area contributed by atoms with Gasteiger partial charge >= 0.3 is 6.09 Å². The molecule has 2 aromatic rings. The van der Waals surface area contributed by atoms with Crippen molar-refractivity contribution in [3.63, 3.8) is 0 Å². The molecule has 0 aliphatic heterocycles. The van der Waals surface area contributed by atoms with E-state index in [1.807, 2.05) is 16.8 Å². The van der Waals surface area contributed by atoms with Crippen LogP contribution < -0.4 is 5.32 Å². The van der Waals surface area contributed by atoms with Crippen molar-refractivity contribution < 1.29 is 29.0 Å².